The highest BCUT2D eigenvalue weighted by atomic mass is 16.5. The van der Waals surface area contributed by atoms with Gasteiger partial charge in [-0.05, 0) is 36.8 Å². The highest BCUT2D eigenvalue weighted by molar-refractivity contribution is 5.86. The van der Waals surface area contributed by atoms with Gasteiger partial charge in [0.25, 0.3) is 0 Å². The zero-order valence-corrected chi connectivity index (χ0v) is 14.7. The van der Waals surface area contributed by atoms with E-state index in [1.54, 1.807) is 0 Å². The predicted molar refractivity (Wildman–Crippen MR) is 93.9 cm³/mol. The number of benzene rings is 1. The molecule has 3 N–H and O–H groups in total. The third kappa shape index (κ3) is 5.25. The second-order valence-electron chi connectivity index (χ2n) is 6.89. The molecule has 6 heteroatoms. The van der Waals surface area contributed by atoms with E-state index in [4.69, 9.17) is 19.9 Å². The quantitative estimate of drug-likeness (QED) is 0.814. The summed E-state index contributed by atoms with van der Waals surface area (Å²) >= 11 is 0. The minimum absolute atomic E-state index is 0.0975. The molecule has 138 valence electrons. The summed E-state index contributed by atoms with van der Waals surface area (Å²) in [7, 11) is 0. The van der Waals surface area contributed by atoms with Gasteiger partial charge in [-0.3, -0.25) is 4.79 Å². The topological polar surface area (TPSA) is 82.8 Å². The molecule has 1 aromatic rings. The molecule has 2 heterocycles. The SMILES string of the molecule is NC1(C(=O)NCc2cccc(COC3CCOCC3)c2)CCOCC1. The van der Waals surface area contributed by atoms with E-state index in [0.717, 1.165) is 37.2 Å². The van der Waals surface area contributed by atoms with Gasteiger partial charge in [-0.1, -0.05) is 24.3 Å². The van der Waals surface area contributed by atoms with Gasteiger partial charge in [-0.2, -0.15) is 0 Å². The van der Waals surface area contributed by atoms with Gasteiger partial charge in [-0.25, -0.2) is 0 Å². The molecule has 2 aliphatic rings. The third-order valence-corrected chi connectivity index (χ3v) is 4.94. The first-order valence-corrected chi connectivity index (χ1v) is 9.08. The summed E-state index contributed by atoms with van der Waals surface area (Å²) in [5.41, 5.74) is 7.57. The summed E-state index contributed by atoms with van der Waals surface area (Å²) in [4.78, 5) is 12.4. The lowest BCUT2D eigenvalue weighted by atomic mass is 9.90. The number of carbonyl (C=O) groups is 1. The normalized spacial score (nSPS) is 21.0. The van der Waals surface area contributed by atoms with Gasteiger partial charge in [0.15, 0.2) is 0 Å². The van der Waals surface area contributed by atoms with Crippen LogP contribution in [-0.4, -0.2) is 44.0 Å². The van der Waals surface area contributed by atoms with Gasteiger partial charge >= 0.3 is 0 Å². The number of nitrogens with two attached hydrogens (primary N) is 1. The summed E-state index contributed by atoms with van der Waals surface area (Å²) in [6.07, 6.45) is 3.33. The van der Waals surface area contributed by atoms with Crippen molar-refractivity contribution >= 4 is 5.91 Å². The Hall–Kier alpha value is -1.47. The molecule has 0 aliphatic carbocycles. The first-order chi connectivity index (χ1) is 12.2. The molecular formula is C19H28N2O4. The molecular weight excluding hydrogens is 320 g/mol. The fraction of sp³-hybridized carbons (Fsp3) is 0.632. The zero-order chi connectivity index (χ0) is 17.5. The minimum atomic E-state index is -0.804. The fourth-order valence-electron chi connectivity index (χ4n) is 3.21. The van der Waals surface area contributed by atoms with Crippen LogP contribution in [0.25, 0.3) is 0 Å². The van der Waals surface area contributed by atoms with Crippen molar-refractivity contribution in [2.24, 2.45) is 5.73 Å². The van der Waals surface area contributed by atoms with Gasteiger partial charge in [0, 0.05) is 33.0 Å². The monoisotopic (exact) mass is 348 g/mol. The van der Waals surface area contributed by atoms with Crippen LogP contribution >= 0.6 is 0 Å². The maximum atomic E-state index is 12.4. The molecule has 2 aliphatic heterocycles. The Morgan fingerprint density at radius 1 is 1.16 bits per heavy atom. The van der Waals surface area contributed by atoms with Crippen LogP contribution < -0.4 is 11.1 Å². The number of carbonyl (C=O) groups excluding carboxylic acids is 1. The van der Waals surface area contributed by atoms with Crippen LogP contribution in [0.2, 0.25) is 0 Å². The van der Waals surface area contributed by atoms with E-state index in [1.807, 2.05) is 18.2 Å². The van der Waals surface area contributed by atoms with Crippen molar-refractivity contribution in [1.82, 2.24) is 5.32 Å². The fourth-order valence-corrected chi connectivity index (χ4v) is 3.21. The summed E-state index contributed by atoms with van der Waals surface area (Å²) in [5.74, 6) is -0.0975. The average molecular weight is 348 g/mol. The molecule has 2 saturated heterocycles. The predicted octanol–water partition coefficient (Wildman–Crippen LogP) is 1.51. The molecule has 0 radical (unpaired) electrons. The highest BCUT2D eigenvalue weighted by Gasteiger charge is 2.35. The van der Waals surface area contributed by atoms with Crippen LogP contribution in [0, 0.1) is 0 Å². The number of rotatable bonds is 6. The Morgan fingerprint density at radius 3 is 2.60 bits per heavy atom. The third-order valence-electron chi connectivity index (χ3n) is 4.94. The van der Waals surface area contributed by atoms with Crippen molar-refractivity contribution in [1.29, 1.82) is 0 Å². The van der Waals surface area contributed by atoms with Crippen LogP contribution in [0.3, 0.4) is 0 Å². The first kappa shape index (κ1) is 18.3. The maximum Gasteiger partial charge on any atom is 0.240 e. The molecule has 1 amide bonds. The summed E-state index contributed by atoms with van der Waals surface area (Å²) < 4.78 is 16.6. The molecule has 6 nitrogen and oxygen atoms in total. The molecule has 0 bridgehead atoms. The number of hydrogen-bond donors (Lipinski definition) is 2. The van der Waals surface area contributed by atoms with E-state index in [0.29, 0.717) is 39.2 Å². The molecule has 0 unspecified atom stereocenters. The largest absolute Gasteiger partial charge is 0.381 e. The lowest BCUT2D eigenvalue weighted by molar-refractivity contribution is -0.129. The highest BCUT2D eigenvalue weighted by Crippen LogP contribution is 2.18. The Morgan fingerprint density at radius 2 is 1.84 bits per heavy atom. The Labute approximate surface area is 149 Å². The molecule has 2 fully saturated rings. The zero-order valence-electron chi connectivity index (χ0n) is 14.7. The van der Waals surface area contributed by atoms with Gasteiger partial charge in [0.05, 0.1) is 18.2 Å². The van der Waals surface area contributed by atoms with Crippen molar-refractivity contribution in [3.8, 4) is 0 Å². The second kappa shape index (κ2) is 8.76. The smallest absolute Gasteiger partial charge is 0.240 e. The van der Waals surface area contributed by atoms with Gasteiger partial charge in [-0.15, -0.1) is 0 Å². The first-order valence-electron chi connectivity index (χ1n) is 9.08. The summed E-state index contributed by atoms with van der Waals surface area (Å²) in [5, 5.41) is 2.97. The number of ether oxygens (including phenoxy) is 3. The van der Waals surface area contributed by atoms with E-state index in [2.05, 4.69) is 11.4 Å². The molecule has 25 heavy (non-hydrogen) atoms. The van der Waals surface area contributed by atoms with E-state index >= 15 is 0 Å². The molecule has 0 saturated carbocycles. The minimum Gasteiger partial charge on any atom is -0.381 e. The van der Waals surface area contributed by atoms with E-state index in [9.17, 15) is 4.79 Å². The molecule has 0 atom stereocenters. The van der Waals surface area contributed by atoms with Crippen molar-refractivity contribution in [3.05, 3.63) is 35.4 Å². The van der Waals surface area contributed by atoms with Gasteiger partial charge < -0.3 is 25.3 Å². The van der Waals surface area contributed by atoms with Crippen LogP contribution in [0.4, 0.5) is 0 Å². The standard InChI is InChI=1S/C19H28N2O4/c20-19(6-10-24-11-7-19)18(22)21-13-15-2-1-3-16(12-15)14-25-17-4-8-23-9-5-17/h1-3,12,17H,4-11,13-14,20H2,(H,21,22). The molecule has 3 rings (SSSR count). The van der Waals surface area contributed by atoms with Crippen molar-refractivity contribution in [2.45, 2.75) is 50.5 Å². The van der Waals surface area contributed by atoms with E-state index in [-0.39, 0.29) is 12.0 Å². The molecule has 1 aromatic carbocycles. The van der Waals surface area contributed by atoms with Crippen molar-refractivity contribution < 1.29 is 19.0 Å². The second-order valence-corrected chi connectivity index (χ2v) is 6.89. The Balaban J connectivity index is 1.48. The Kier molecular flexibility index (Phi) is 6.42. The van der Waals surface area contributed by atoms with Crippen LogP contribution in [0.15, 0.2) is 24.3 Å². The van der Waals surface area contributed by atoms with Gasteiger partial charge in [0.2, 0.25) is 5.91 Å². The van der Waals surface area contributed by atoms with Crippen LogP contribution in [0.5, 0.6) is 0 Å². The maximum absolute atomic E-state index is 12.4. The van der Waals surface area contributed by atoms with Crippen molar-refractivity contribution in [2.75, 3.05) is 26.4 Å². The lowest BCUT2D eigenvalue weighted by Crippen LogP contribution is -2.56. The molecule has 0 spiro atoms. The lowest BCUT2D eigenvalue weighted by Gasteiger charge is -2.31. The van der Waals surface area contributed by atoms with E-state index in [1.165, 1.54) is 0 Å². The van der Waals surface area contributed by atoms with Crippen molar-refractivity contribution in [3.63, 3.8) is 0 Å². The van der Waals surface area contributed by atoms with Crippen LogP contribution in [0.1, 0.15) is 36.8 Å². The summed E-state index contributed by atoms with van der Waals surface area (Å²) in [6.45, 7) is 3.71. The average Bonchev–Trinajstić information content (AvgIpc) is 2.66. The Bertz CT molecular complexity index is 566. The summed E-state index contributed by atoms with van der Waals surface area (Å²) in [6, 6.07) is 8.13. The number of amides is 1. The van der Waals surface area contributed by atoms with Gasteiger partial charge in [0.1, 0.15) is 0 Å². The number of nitrogens with one attached hydrogen (secondary N) is 1. The number of hydrogen-bond acceptors (Lipinski definition) is 5. The molecule has 0 aromatic heterocycles. The van der Waals surface area contributed by atoms with E-state index < -0.39 is 5.54 Å². The van der Waals surface area contributed by atoms with Crippen LogP contribution in [-0.2, 0) is 32.2 Å².